The van der Waals surface area contributed by atoms with Crippen LogP contribution in [0, 0.1) is 24.6 Å². The van der Waals surface area contributed by atoms with Crippen molar-refractivity contribution in [1.82, 2.24) is 14.8 Å². The van der Waals surface area contributed by atoms with Crippen LogP contribution in [0.2, 0.25) is 0 Å². The molecule has 0 aliphatic carbocycles. The van der Waals surface area contributed by atoms with Crippen LogP contribution < -0.4 is 5.32 Å². The van der Waals surface area contributed by atoms with Crippen LogP contribution in [0.1, 0.15) is 54.2 Å². The van der Waals surface area contributed by atoms with Crippen LogP contribution in [-0.2, 0) is 0 Å². The van der Waals surface area contributed by atoms with Gasteiger partial charge in [0.15, 0.2) is 0 Å². The van der Waals surface area contributed by atoms with Crippen LogP contribution in [0.4, 0.5) is 10.1 Å². The van der Waals surface area contributed by atoms with Crippen LogP contribution in [0.25, 0.3) is 17.0 Å². The number of aromatic amines is 1. The molecule has 3 aromatic rings. The number of rotatable bonds is 4. The van der Waals surface area contributed by atoms with E-state index in [0.717, 1.165) is 50.8 Å². The van der Waals surface area contributed by atoms with Crippen LogP contribution in [0.3, 0.4) is 0 Å². The van der Waals surface area contributed by atoms with E-state index < -0.39 is 6.10 Å². The molecule has 1 fully saturated rings. The number of carbonyl (C=O) groups excluding carboxylic acids is 1. The second-order valence-corrected chi connectivity index (χ2v) is 11.5. The standard InChI is InChI=1S/C32H41FN4O2/c1-22-6-7-24-5-3-4-14-36(20-23(2)10-13-34-29(24)17-22)21-31(38)25-11-15-37(16-12-25)32(39)30-19-26-18-27(33)8-9-28(26)35-30/h3,5-9,17-19,23,25,31,34-35,38H,4,10-16,20-21H2,1-2H3/b5-3-/t23-,31+/m0/s1. The third-order valence-corrected chi connectivity index (χ3v) is 8.27. The summed E-state index contributed by atoms with van der Waals surface area (Å²) in [6, 6.07) is 12.8. The number of β-amino-alcohol motifs (C(OH)–C–C–N with tert-alkyl or cyclic N) is 1. The number of halogens is 1. The van der Waals surface area contributed by atoms with E-state index in [1.807, 2.05) is 4.90 Å². The van der Waals surface area contributed by atoms with E-state index in [9.17, 15) is 14.3 Å². The maximum absolute atomic E-state index is 13.5. The number of hydrogen-bond acceptors (Lipinski definition) is 4. The van der Waals surface area contributed by atoms with E-state index in [0.29, 0.717) is 36.6 Å². The third kappa shape index (κ3) is 6.89. The zero-order valence-electron chi connectivity index (χ0n) is 23.1. The van der Waals surface area contributed by atoms with E-state index in [1.165, 1.54) is 28.9 Å². The summed E-state index contributed by atoms with van der Waals surface area (Å²) >= 11 is 0. The van der Waals surface area contributed by atoms with Gasteiger partial charge < -0.3 is 25.2 Å². The van der Waals surface area contributed by atoms with E-state index in [2.05, 4.69) is 59.4 Å². The number of nitrogens with one attached hydrogen (secondary N) is 2. The van der Waals surface area contributed by atoms with Crippen molar-refractivity contribution in [2.24, 2.45) is 11.8 Å². The molecule has 0 spiro atoms. The average molecular weight is 533 g/mol. The molecule has 3 N–H and O–H groups in total. The molecule has 5 rings (SSSR count). The van der Waals surface area contributed by atoms with Gasteiger partial charge in [-0.05, 0) is 85.9 Å². The van der Waals surface area contributed by atoms with E-state index in [4.69, 9.17) is 0 Å². The molecule has 2 aliphatic rings. The monoisotopic (exact) mass is 532 g/mol. The van der Waals surface area contributed by atoms with Crippen LogP contribution >= 0.6 is 0 Å². The Labute approximate surface area is 230 Å². The van der Waals surface area contributed by atoms with Crippen molar-refractivity contribution < 1.29 is 14.3 Å². The molecule has 2 aliphatic heterocycles. The average Bonchev–Trinajstić information content (AvgIpc) is 3.34. The van der Waals surface area contributed by atoms with Crippen molar-refractivity contribution in [2.45, 2.75) is 45.6 Å². The van der Waals surface area contributed by atoms with Crippen LogP contribution in [-0.4, -0.2) is 71.2 Å². The summed E-state index contributed by atoms with van der Waals surface area (Å²) < 4.78 is 13.5. The first-order valence-corrected chi connectivity index (χ1v) is 14.3. The van der Waals surface area contributed by atoms with Gasteiger partial charge in [0, 0.05) is 55.9 Å². The number of piperidine rings is 1. The molecule has 39 heavy (non-hydrogen) atoms. The first kappa shape index (κ1) is 27.4. The fraction of sp³-hybridized carbons (Fsp3) is 0.469. The lowest BCUT2D eigenvalue weighted by atomic mass is 9.90. The quantitative estimate of drug-likeness (QED) is 0.404. The molecule has 0 saturated carbocycles. The number of anilines is 1. The Balaban J connectivity index is 1.15. The SMILES string of the molecule is Cc1ccc2c(c1)NCC[C@H](C)CN(C[C@@H](O)C1CCN(C(=O)c3cc4cc(F)ccc4[nH]3)CC1)CC/C=C\2. The number of carbonyl (C=O) groups is 1. The first-order valence-electron chi connectivity index (χ1n) is 14.3. The summed E-state index contributed by atoms with van der Waals surface area (Å²) in [5.41, 5.74) is 4.94. The topological polar surface area (TPSA) is 71.6 Å². The minimum Gasteiger partial charge on any atom is -0.392 e. The van der Waals surface area contributed by atoms with Gasteiger partial charge in [-0.2, -0.15) is 0 Å². The Kier molecular flexibility index (Phi) is 8.68. The maximum Gasteiger partial charge on any atom is 0.270 e. The van der Waals surface area contributed by atoms with Crippen molar-refractivity contribution in [3.05, 3.63) is 71.2 Å². The molecule has 0 unspecified atom stereocenters. The largest absolute Gasteiger partial charge is 0.392 e. The lowest BCUT2D eigenvalue weighted by Crippen LogP contribution is -2.45. The number of nitrogens with zero attached hydrogens (tertiary/aromatic N) is 2. The van der Waals surface area contributed by atoms with E-state index >= 15 is 0 Å². The molecule has 208 valence electrons. The minimum atomic E-state index is -0.413. The molecule has 0 radical (unpaired) electrons. The van der Waals surface area contributed by atoms with Crippen molar-refractivity contribution in [3.63, 3.8) is 0 Å². The summed E-state index contributed by atoms with van der Waals surface area (Å²) in [5.74, 6) is 0.323. The van der Waals surface area contributed by atoms with Gasteiger partial charge in [-0.15, -0.1) is 0 Å². The Morgan fingerprint density at radius 2 is 1.92 bits per heavy atom. The molecule has 6 nitrogen and oxygen atoms in total. The van der Waals surface area contributed by atoms with E-state index in [1.54, 1.807) is 12.1 Å². The molecule has 2 atom stereocenters. The molecule has 7 heteroatoms. The summed E-state index contributed by atoms with van der Waals surface area (Å²) in [7, 11) is 0. The Morgan fingerprint density at radius 1 is 1.10 bits per heavy atom. The fourth-order valence-corrected chi connectivity index (χ4v) is 5.97. The highest BCUT2D eigenvalue weighted by molar-refractivity contribution is 5.98. The number of benzene rings is 2. The van der Waals surface area contributed by atoms with Gasteiger partial charge in [0.2, 0.25) is 0 Å². The molecule has 2 aromatic carbocycles. The lowest BCUT2D eigenvalue weighted by molar-refractivity contribution is 0.0262. The number of hydrogen-bond donors (Lipinski definition) is 3. The van der Waals surface area contributed by atoms with Gasteiger partial charge in [-0.3, -0.25) is 4.79 Å². The third-order valence-electron chi connectivity index (χ3n) is 8.27. The van der Waals surface area contributed by atoms with Crippen LogP contribution in [0.15, 0.2) is 48.5 Å². The summed E-state index contributed by atoms with van der Waals surface area (Å²) in [6.45, 7) is 9.13. The smallest absolute Gasteiger partial charge is 0.270 e. The van der Waals surface area contributed by atoms with Crippen molar-refractivity contribution in [1.29, 1.82) is 0 Å². The molecule has 3 heterocycles. The zero-order chi connectivity index (χ0) is 27.4. The van der Waals surface area contributed by atoms with Crippen LogP contribution in [0.5, 0.6) is 0 Å². The summed E-state index contributed by atoms with van der Waals surface area (Å²) in [5, 5.41) is 15.5. The molecular weight excluding hydrogens is 491 g/mol. The summed E-state index contributed by atoms with van der Waals surface area (Å²) in [6.07, 6.45) is 7.61. The number of amides is 1. The molecule has 1 amide bonds. The fourth-order valence-electron chi connectivity index (χ4n) is 5.97. The summed E-state index contributed by atoms with van der Waals surface area (Å²) in [4.78, 5) is 20.5. The highest BCUT2D eigenvalue weighted by atomic mass is 19.1. The predicted molar refractivity (Wildman–Crippen MR) is 156 cm³/mol. The lowest BCUT2D eigenvalue weighted by Gasteiger charge is -2.36. The number of likely N-dealkylation sites (tertiary alicyclic amines) is 1. The maximum atomic E-state index is 13.5. The number of aliphatic hydroxyl groups is 1. The second kappa shape index (κ2) is 12.3. The van der Waals surface area contributed by atoms with Crippen molar-refractivity contribution in [2.75, 3.05) is 44.6 Å². The molecule has 1 aromatic heterocycles. The number of fused-ring (bicyclic) bond motifs is 2. The second-order valence-electron chi connectivity index (χ2n) is 11.5. The normalized spacial score (nSPS) is 21.4. The van der Waals surface area contributed by atoms with Gasteiger partial charge in [-0.1, -0.05) is 31.2 Å². The van der Waals surface area contributed by atoms with E-state index in [-0.39, 0.29) is 17.6 Å². The zero-order valence-corrected chi connectivity index (χ0v) is 23.1. The van der Waals surface area contributed by atoms with Crippen molar-refractivity contribution >= 4 is 28.6 Å². The van der Waals surface area contributed by atoms with Gasteiger partial charge in [0.05, 0.1) is 6.10 Å². The molecule has 1 saturated heterocycles. The van der Waals surface area contributed by atoms with Gasteiger partial charge in [0.1, 0.15) is 11.5 Å². The Bertz CT molecular complexity index is 1310. The molecular formula is C32H41FN4O2. The highest BCUT2D eigenvalue weighted by Gasteiger charge is 2.29. The Hall–Kier alpha value is -3.16. The first-order chi connectivity index (χ1) is 18.9. The number of aryl methyl sites for hydroxylation is 1. The number of H-pyrrole nitrogens is 1. The molecule has 0 bridgehead atoms. The Morgan fingerprint density at radius 3 is 2.74 bits per heavy atom. The van der Waals surface area contributed by atoms with Gasteiger partial charge >= 0.3 is 0 Å². The van der Waals surface area contributed by atoms with Crippen molar-refractivity contribution in [3.8, 4) is 0 Å². The predicted octanol–water partition coefficient (Wildman–Crippen LogP) is 5.69. The number of aliphatic hydroxyl groups excluding tert-OH is 1. The highest BCUT2D eigenvalue weighted by Crippen LogP contribution is 2.25. The van der Waals surface area contributed by atoms with Gasteiger partial charge in [-0.25, -0.2) is 4.39 Å². The number of aromatic nitrogens is 1. The van der Waals surface area contributed by atoms with Gasteiger partial charge in [0.25, 0.3) is 5.91 Å². The minimum absolute atomic E-state index is 0.0615.